The molecule has 30 heavy (non-hydrogen) atoms. The third-order valence-electron chi connectivity index (χ3n) is 5.03. The molecule has 162 valence electrons. The molecule has 0 heterocycles. The molecule has 0 radical (unpaired) electrons. The molecule has 0 saturated carbocycles. The van der Waals surface area contributed by atoms with E-state index in [1.54, 1.807) is 0 Å². The van der Waals surface area contributed by atoms with Gasteiger partial charge in [-0.3, -0.25) is 4.79 Å². The molecule has 0 aliphatic carbocycles. The lowest BCUT2D eigenvalue weighted by molar-refractivity contribution is -0.118. The third-order valence-corrected chi connectivity index (χ3v) is 5.03. The van der Waals surface area contributed by atoms with Gasteiger partial charge in [-0.1, -0.05) is 44.2 Å². The van der Waals surface area contributed by atoms with Crippen molar-refractivity contribution in [2.24, 2.45) is 5.92 Å². The van der Waals surface area contributed by atoms with Gasteiger partial charge in [-0.25, -0.2) is 4.79 Å². The number of carbonyl (C=O) groups is 2. The molecule has 2 aromatic carbocycles. The van der Waals surface area contributed by atoms with Gasteiger partial charge in [0.15, 0.2) is 0 Å². The summed E-state index contributed by atoms with van der Waals surface area (Å²) in [5.74, 6) is -0.135. The summed E-state index contributed by atoms with van der Waals surface area (Å²) in [5.41, 5.74) is 3.78. The van der Waals surface area contributed by atoms with E-state index in [4.69, 9.17) is 0 Å². The number of benzene rings is 2. The Bertz CT molecular complexity index is 850. The second-order valence-corrected chi connectivity index (χ2v) is 7.93. The fraction of sp³-hybridized carbons (Fsp3) is 0.417. The van der Waals surface area contributed by atoms with Crippen molar-refractivity contribution in [3.05, 3.63) is 59.7 Å². The molecule has 0 aromatic heterocycles. The highest BCUT2D eigenvalue weighted by Crippen LogP contribution is 2.29. The summed E-state index contributed by atoms with van der Waals surface area (Å²) in [5, 5.41) is 5.89. The van der Waals surface area contributed by atoms with Crippen molar-refractivity contribution in [1.82, 2.24) is 10.2 Å². The van der Waals surface area contributed by atoms with Crippen LogP contribution in [-0.2, 0) is 11.3 Å². The van der Waals surface area contributed by atoms with Crippen LogP contribution in [0, 0.1) is 5.92 Å². The number of amides is 3. The summed E-state index contributed by atoms with van der Waals surface area (Å²) in [4.78, 5) is 28.9. The van der Waals surface area contributed by atoms with E-state index >= 15 is 0 Å². The van der Waals surface area contributed by atoms with Crippen LogP contribution in [0.3, 0.4) is 0 Å². The quantitative estimate of drug-likeness (QED) is 0.666. The van der Waals surface area contributed by atoms with Crippen LogP contribution < -0.4 is 15.5 Å². The van der Waals surface area contributed by atoms with E-state index in [1.807, 2.05) is 100 Å². The van der Waals surface area contributed by atoms with Crippen LogP contribution in [0.4, 0.5) is 16.2 Å². The second kappa shape index (κ2) is 10.7. The summed E-state index contributed by atoms with van der Waals surface area (Å²) in [6, 6.07) is 15.6. The minimum atomic E-state index is -0.116. The fourth-order valence-electron chi connectivity index (χ4n) is 3.25. The summed E-state index contributed by atoms with van der Waals surface area (Å²) < 4.78 is 0. The fourth-order valence-corrected chi connectivity index (χ4v) is 3.25. The molecular formula is C24H34N4O2. The molecule has 0 bridgehead atoms. The number of rotatable bonds is 8. The SMILES string of the molecule is CCNC(=O)N(Cc1cc(NC(=O)C(C)C)ccc1N(C)C)[C@@H](C)c1ccccc1. The van der Waals surface area contributed by atoms with Gasteiger partial charge in [0.25, 0.3) is 0 Å². The summed E-state index contributed by atoms with van der Waals surface area (Å²) in [7, 11) is 3.95. The van der Waals surface area contributed by atoms with Crippen LogP contribution in [0.2, 0.25) is 0 Å². The van der Waals surface area contributed by atoms with E-state index in [9.17, 15) is 9.59 Å². The zero-order valence-corrected chi connectivity index (χ0v) is 18.9. The maximum atomic E-state index is 12.9. The maximum absolute atomic E-state index is 12.9. The van der Waals surface area contributed by atoms with Gasteiger partial charge in [0, 0.05) is 37.9 Å². The molecule has 0 unspecified atom stereocenters. The minimum Gasteiger partial charge on any atom is -0.377 e. The Kier molecular flexibility index (Phi) is 8.27. The maximum Gasteiger partial charge on any atom is 0.318 e. The Morgan fingerprint density at radius 3 is 2.23 bits per heavy atom. The zero-order chi connectivity index (χ0) is 22.3. The predicted octanol–water partition coefficient (Wildman–Crippen LogP) is 4.64. The van der Waals surface area contributed by atoms with E-state index in [1.165, 1.54) is 0 Å². The first-order chi connectivity index (χ1) is 14.2. The highest BCUT2D eigenvalue weighted by atomic mass is 16.2. The summed E-state index contributed by atoms with van der Waals surface area (Å²) in [6.45, 7) is 8.65. The van der Waals surface area contributed by atoms with Crippen LogP contribution >= 0.6 is 0 Å². The summed E-state index contributed by atoms with van der Waals surface area (Å²) in [6.07, 6.45) is 0. The van der Waals surface area contributed by atoms with E-state index in [0.29, 0.717) is 13.1 Å². The monoisotopic (exact) mass is 410 g/mol. The highest BCUT2D eigenvalue weighted by molar-refractivity contribution is 5.92. The number of nitrogens with one attached hydrogen (secondary N) is 2. The molecule has 0 fully saturated rings. The number of urea groups is 1. The Morgan fingerprint density at radius 2 is 1.67 bits per heavy atom. The van der Waals surface area contributed by atoms with E-state index in [-0.39, 0.29) is 23.9 Å². The second-order valence-electron chi connectivity index (χ2n) is 7.93. The van der Waals surface area contributed by atoms with Crippen molar-refractivity contribution >= 4 is 23.3 Å². The number of nitrogens with zero attached hydrogens (tertiary/aromatic N) is 2. The Labute approximate surface area is 180 Å². The lowest BCUT2D eigenvalue weighted by Gasteiger charge is -2.31. The first kappa shape index (κ1) is 23.3. The van der Waals surface area contributed by atoms with E-state index < -0.39 is 0 Å². The number of anilines is 2. The van der Waals surface area contributed by atoms with Crippen molar-refractivity contribution in [1.29, 1.82) is 0 Å². The van der Waals surface area contributed by atoms with Crippen molar-refractivity contribution < 1.29 is 9.59 Å². The molecular weight excluding hydrogens is 376 g/mol. The van der Waals surface area contributed by atoms with Gasteiger partial charge in [0.05, 0.1) is 12.6 Å². The lowest BCUT2D eigenvalue weighted by Crippen LogP contribution is -2.41. The summed E-state index contributed by atoms with van der Waals surface area (Å²) >= 11 is 0. The predicted molar refractivity (Wildman–Crippen MR) is 124 cm³/mol. The molecule has 1 atom stereocenters. The largest absolute Gasteiger partial charge is 0.377 e. The van der Waals surface area contributed by atoms with Crippen molar-refractivity contribution in [3.8, 4) is 0 Å². The van der Waals surface area contributed by atoms with Gasteiger partial charge in [0.2, 0.25) is 5.91 Å². The van der Waals surface area contributed by atoms with Gasteiger partial charge < -0.3 is 20.4 Å². The number of carbonyl (C=O) groups excluding carboxylic acids is 2. The van der Waals surface area contributed by atoms with Gasteiger partial charge in [-0.15, -0.1) is 0 Å². The normalized spacial score (nSPS) is 11.7. The molecule has 0 spiro atoms. The minimum absolute atomic E-state index is 0.0308. The topological polar surface area (TPSA) is 64.7 Å². The molecule has 2 aromatic rings. The molecule has 0 saturated heterocycles. The van der Waals surface area contributed by atoms with Crippen LogP contribution in [0.5, 0.6) is 0 Å². The average Bonchev–Trinajstić information content (AvgIpc) is 2.72. The van der Waals surface area contributed by atoms with Crippen molar-refractivity contribution in [2.75, 3.05) is 30.9 Å². The first-order valence-corrected chi connectivity index (χ1v) is 10.4. The van der Waals surface area contributed by atoms with Crippen LogP contribution in [0.15, 0.2) is 48.5 Å². The van der Waals surface area contributed by atoms with Crippen molar-refractivity contribution in [3.63, 3.8) is 0 Å². The molecule has 0 aliphatic heterocycles. The van der Waals surface area contributed by atoms with Crippen molar-refractivity contribution in [2.45, 2.75) is 40.3 Å². The molecule has 0 aliphatic rings. The lowest BCUT2D eigenvalue weighted by atomic mass is 10.0. The Morgan fingerprint density at radius 1 is 1.00 bits per heavy atom. The van der Waals surface area contributed by atoms with Gasteiger partial charge >= 0.3 is 6.03 Å². The standard InChI is InChI=1S/C24H34N4O2/c1-7-25-24(30)28(18(4)19-11-9-8-10-12-19)16-20-15-21(26-23(29)17(2)3)13-14-22(20)27(5)6/h8-15,17-18H,7,16H2,1-6H3,(H,25,30)(H,26,29)/t18-/m0/s1. The van der Waals surface area contributed by atoms with E-state index in [2.05, 4.69) is 10.6 Å². The van der Waals surface area contributed by atoms with Crippen LogP contribution in [-0.4, -0.2) is 37.5 Å². The Balaban J connectivity index is 2.41. The molecule has 3 amide bonds. The van der Waals surface area contributed by atoms with Crippen LogP contribution in [0.25, 0.3) is 0 Å². The smallest absolute Gasteiger partial charge is 0.318 e. The molecule has 2 rings (SSSR count). The number of hydrogen-bond acceptors (Lipinski definition) is 3. The molecule has 6 heteroatoms. The number of hydrogen-bond donors (Lipinski definition) is 2. The van der Waals surface area contributed by atoms with Gasteiger partial charge in [-0.2, -0.15) is 0 Å². The molecule has 2 N–H and O–H groups in total. The molecule has 6 nitrogen and oxygen atoms in total. The van der Waals surface area contributed by atoms with E-state index in [0.717, 1.165) is 22.5 Å². The van der Waals surface area contributed by atoms with Gasteiger partial charge in [0.1, 0.15) is 0 Å². The third kappa shape index (κ3) is 5.99. The van der Waals surface area contributed by atoms with Gasteiger partial charge in [-0.05, 0) is 43.2 Å². The average molecular weight is 411 g/mol. The first-order valence-electron chi connectivity index (χ1n) is 10.4. The highest BCUT2D eigenvalue weighted by Gasteiger charge is 2.23. The Hall–Kier alpha value is -3.02. The van der Waals surface area contributed by atoms with Crippen LogP contribution in [0.1, 0.15) is 44.9 Å². The zero-order valence-electron chi connectivity index (χ0n) is 18.9.